The number of anilines is 1. The van der Waals surface area contributed by atoms with Crippen LogP contribution < -0.4 is 4.72 Å². The number of hydrogen-bond donors (Lipinski definition) is 1. The Kier molecular flexibility index (Phi) is 8.34. The van der Waals surface area contributed by atoms with Gasteiger partial charge in [-0.25, -0.2) is 8.42 Å². The van der Waals surface area contributed by atoms with Crippen LogP contribution in [0.5, 0.6) is 0 Å². The molecule has 1 fully saturated rings. The van der Waals surface area contributed by atoms with Gasteiger partial charge in [-0.15, -0.1) is 12.4 Å². The summed E-state index contributed by atoms with van der Waals surface area (Å²) in [6.45, 7) is -0.743. The molecule has 2 atom stereocenters. The summed E-state index contributed by atoms with van der Waals surface area (Å²) in [6.07, 6.45) is -4.91. The maximum absolute atomic E-state index is 15.0. The molecule has 2 unspecified atom stereocenters. The summed E-state index contributed by atoms with van der Waals surface area (Å²) < 4.78 is 74.3. The van der Waals surface area contributed by atoms with E-state index in [0.29, 0.717) is 0 Å². The van der Waals surface area contributed by atoms with Crippen molar-refractivity contribution in [2.24, 2.45) is 0 Å². The number of benzene rings is 3. The first-order chi connectivity index (χ1) is 16.0. The van der Waals surface area contributed by atoms with Crippen LogP contribution in [0, 0.1) is 0 Å². The predicted octanol–water partition coefficient (Wildman–Crippen LogP) is 6.54. The molecule has 0 aromatic heterocycles. The molecule has 0 aliphatic carbocycles. The van der Waals surface area contributed by atoms with Gasteiger partial charge in [0.2, 0.25) is 10.0 Å². The van der Waals surface area contributed by atoms with E-state index in [1.165, 1.54) is 23.1 Å². The first kappa shape index (κ1) is 27.6. The Morgan fingerprint density at radius 1 is 0.943 bits per heavy atom. The van der Waals surface area contributed by atoms with Gasteiger partial charge in [-0.1, -0.05) is 71.7 Å². The Morgan fingerprint density at radius 2 is 1.49 bits per heavy atom. The lowest BCUT2D eigenvalue weighted by molar-refractivity contribution is -0.186. The average molecular weight is 566 g/mol. The molecule has 1 heterocycles. The quantitative estimate of drug-likeness (QED) is 0.369. The molecule has 0 spiro atoms. The number of likely N-dealkylation sites (tertiary alicyclic amines) is 1. The van der Waals surface area contributed by atoms with Gasteiger partial charge in [-0.05, 0) is 41.5 Å². The molecule has 3 aromatic rings. The van der Waals surface area contributed by atoms with Crippen LogP contribution in [-0.4, -0.2) is 37.8 Å². The monoisotopic (exact) mass is 564 g/mol. The minimum Gasteiger partial charge on any atom is -0.296 e. The van der Waals surface area contributed by atoms with Crippen molar-refractivity contribution in [2.75, 3.05) is 17.8 Å². The topological polar surface area (TPSA) is 49.4 Å². The second kappa shape index (κ2) is 10.6. The third-order valence-corrected chi connectivity index (χ3v) is 8.24. The highest BCUT2D eigenvalue weighted by Gasteiger charge is 2.68. The standard InChI is InChI=1S/C24H21Cl2F3N2O2S.ClH/c25-19-11-18(12-20(26)13-19)23(24(27,28)29)16-31(14-17-7-3-1-4-8-17)15-22(23)34(32,33)30-21-9-5-2-6-10-21;/h1-13,22,30H,14-16H2;1H. The lowest BCUT2D eigenvalue weighted by Crippen LogP contribution is -2.55. The van der Waals surface area contributed by atoms with Crippen molar-refractivity contribution in [3.63, 3.8) is 0 Å². The molecule has 0 amide bonds. The fourth-order valence-electron chi connectivity index (χ4n) is 4.50. The molecule has 0 saturated carbocycles. The van der Waals surface area contributed by atoms with Crippen LogP contribution in [0.25, 0.3) is 0 Å². The van der Waals surface area contributed by atoms with Crippen molar-refractivity contribution in [1.29, 1.82) is 0 Å². The van der Waals surface area contributed by atoms with Crippen LogP contribution in [-0.2, 0) is 22.0 Å². The van der Waals surface area contributed by atoms with Crippen LogP contribution in [0.4, 0.5) is 18.9 Å². The Balaban J connectivity index is 0.00000342. The van der Waals surface area contributed by atoms with E-state index in [-0.39, 0.29) is 46.8 Å². The molecule has 4 nitrogen and oxygen atoms in total. The zero-order valence-corrected chi connectivity index (χ0v) is 21.3. The zero-order valence-electron chi connectivity index (χ0n) is 18.2. The van der Waals surface area contributed by atoms with E-state index in [9.17, 15) is 21.6 Å². The zero-order chi connectivity index (χ0) is 24.6. The van der Waals surface area contributed by atoms with Gasteiger partial charge in [0.15, 0.2) is 0 Å². The van der Waals surface area contributed by atoms with Crippen molar-refractivity contribution >= 4 is 51.3 Å². The van der Waals surface area contributed by atoms with Gasteiger partial charge in [0.25, 0.3) is 0 Å². The molecule has 3 aromatic carbocycles. The Hall–Kier alpha value is -1.97. The van der Waals surface area contributed by atoms with Gasteiger partial charge in [-0.2, -0.15) is 13.2 Å². The maximum Gasteiger partial charge on any atom is 0.401 e. The lowest BCUT2D eigenvalue weighted by atomic mass is 9.78. The van der Waals surface area contributed by atoms with Gasteiger partial charge in [0.1, 0.15) is 10.7 Å². The summed E-state index contributed by atoms with van der Waals surface area (Å²) in [5.74, 6) is 0. The highest BCUT2D eigenvalue weighted by molar-refractivity contribution is 7.93. The van der Waals surface area contributed by atoms with Crippen LogP contribution >= 0.6 is 35.6 Å². The van der Waals surface area contributed by atoms with Gasteiger partial charge in [0.05, 0.1) is 0 Å². The molecular weight excluding hydrogens is 544 g/mol. The Morgan fingerprint density at radius 3 is 2.03 bits per heavy atom. The number of nitrogens with zero attached hydrogens (tertiary/aromatic N) is 1. The van der Waals surface area contributed by atoms with Crippen molar-refractivity contribution in [3.8, 4) is 0 Å². The molecule has 11 heteroatoms. The summed E-state index contributed by atoms with van der Waals surface area (Å²) in [4.78, 5) is 1.51. The van der Waals surface area contributed by atoms with E-state index in [2.05, 4.69) is 4.72 Å². The fraction of sp³-hybridized carbons (Fsp3) is 0.250. The van der Waals surface area contributed by atoms with E-state index in [1.807, 2.05) is 0 Å². The van der Waals surface area contributed by atoms with Gasteiger partial charge in [0, 0.05) is 35.4 Å². The average Bonchev–Trinajstić information content (AvgIpc) is 3.16. The molecule has 188 valence electrons. The number of alkyl halides is 3. The molecule has 35 heavy (non-hydrogen) atoms. The number of rotatable bonds is 6. The second-order valence-electron chi connectivity index (χ2n) is 8.28. The SMILES string of the molecule is Cl.O=S(=O)(Nc1ccccc1)C1CN(Cc2ccccc2)CC1(c1cc(Cl)cc(Cl)c1)C(F)(F)F. The van der Waals surface area contributed by atoms with Crippen LogP contribution in [0.3, 0.4) is 0 Å². The minimum absolute atomic E-state index is 0. The van der Waals surface area contributed by atoms with E-state index >= 15 is 0 Å². The first-order valence-corrected chi connectivity index (χ1v) is 12.7. The van der Waals surface area contributed by atoms with Gasteiger partial charge in [-0.3, -0.25) is 9.62 Å². The Labute approximate surface area is 218 Å². The molecule has 1 saturated heterocycles. The third-order valence-electron chi connectivity index (χ3n) is 5.99. The number of sulfonamides is 1. The molecule has 0 radical (unpaired) electrons. The molecule has 1 aliphatic rings. The van der Waals surface area contributed by atoms with E-state index in [0.717, 1.165) is 17.7 Å². The molecule has 1 aliphatic heterocycles. The summed E-state index contributed by atoms with van der Waals surface area (Å²) in [5.41, 5.74) is -2.07. The predicted molar refractivity (Wildman–Crippen MR) is 136 cm³/mol. The van der Waals surface area contributed by atoms with Gasteiger partial charge < -0.3 is 0 Å². The van der Waals surface area contributed by atoms with Crippen molar-refractivity contribution < 1.29 is 21.6 Å². The number of para-hydroxylation sites is 1. The highest BCUT2D eigenvalue weighted by Crippen LogP contribution is 2.51. The highest BCUT2D eigenvalue weighted by atomic mass is 35.5. The van der Waals surface area contributed by atoms with Crippen molar-refractivity contribution in [1.82, 2.24) is 4.90 Å². The van der Waals surface area contributed by atoms with Crippen LogP contribution in [0.1, 0.15) is 11.1 Å². The van der Waals surface area contributed by atoms with Gasteiger partial charge >= 0.3 is 6.18 Å². The van der Waals surface area contributed by atoms with E-state index in [1.54, 1.807) is 48.5 Å². The fourth-order valence-corrected chi connectivity index (χ4v) is 6.91. The number of hydrogen-bond acceptors (Lipinski definition) is 3. The van der Waals surface area contributed by atoms with Crippen molar-refractivity contribution in [3.05, 3.63) is 100 Å². The van der Waals surface area contributed by atoms with Crippen molar-refractivity contribution in [2.45, 2.75) is 23.4 Å². The summed E-state index contributed by atoms with van der Waals surface area (Å²) in [5, 5.41) is -1.85. The molecule has 4 rings (SSSR count). The maximum atomic E-state index is 15.0. The van der Waals surface area contributed by atoms with E-state index < -0.39 is 33.4 Å². The minimum atomic E-state index is -4.91. The Bertz CT molecular complexity index is 1240. The van der Waals surface area contributed by atoms with E-state index in [4.69, 9.17) is 23.2 Å². The lowest BCUT2D eigenvalue weighted by Gasteiger charge is -2.37. The molecular formula is C24H22Cl3F3N2O2S. The summed E-state index contributed by atoms with van der Waals surface area (Å²) in [7, 11) is -4.50. The third kappa shape index (κ3) is 5.73. The number of nitrogens with one attached hydrogen (secondary N) is 1. The first-order valence-electron chi connectivity index (χ1n) is 10.4. The van der Waals surface area contributed by atoms with Crippen LogP contribution in [0.2, 0.25) is 10.0 Å². The summed E-state index contributed by atoms with van der Waals surface area (Å²) >= 11 is 12.1. The smallest absolute Gasteiger partial charge is 0.296 e. The largest absolute Gasteiger partial charge is 0.401 e. The second-order valence-corrected chi connectivity index (χ2v) is 11.0. The normalized spacial score (nSPS) is 20.9. The summed E-state index contributed by atoms with van der Waals surface area (Å²) in [6, 6.07) is 20.4. The van der Waals surface area contributed by atoms with Crippen LogP contribution in [0.15, 0.2) is 78.9 Å². The molecule has 1 N–H and O–H groups in total. The number of halogens is 6. The molecule has 0 bridgehead atoms.